The average molecular weight is 328 g/mol. The molecule has 5 nitrogen and oxygen atoms in total. The molecule has 0 amide bonds. The first kappa shape index (κ1) is 18.3. The van der Waals surface area contributed by atoms with E-state index in [0.29, 0.717) is 5.69 Å². The lowest BCUT2D eigenvalue weighted by Crippen LogP contribution is -2.48. The minimum atomic E-state index is -0.0805. The van der Waals surface area contributed by atoms with Crippen LogP contribution in [0.5, 0.6) is 0 Å². The summed E-state index contributed by atoms with van der Waals surface area (Å²) >= 11 is 0. The quantitative estimate of drug-likeness (QED) is 0.723. The number of carbonyl (C=O) groups is 1. The Morgan fingerprint density at radius 2 is 1.75 bits per heavy atom. The molecule has 24 heavy (non-hydrogen) atoms. The molecule has 2 aromatic heterocycles. The molecule has 1 saturated heterocycles. The van der Waals surface area contributed by atoms with E-state index < -0.39 is 0 Å². The maximum absolute atomic E-state index is 12.7. The van der Waals surface area contributed by atoms with Gasteiger partial charge in [-0.25, -0.2) is 15.0 Å². The predicted molar refractivity (Wildman–Crippen MR) is 98.8 cm³/mol. The third-order valence-electron chi connectivity index (χ3n) is 4.21. The van der Waals surface area contributed by atoms with Gasteiger partial charge >= 0.3 is 0 Å². The van der Waals surface area contributed by atoms with E-state index in [1.807, 2.05) is 47.6 Å². The summed E-state index contributed by atoms with van der Waals surface area (Å²) in [5.74, 6) is 1.79. The molecule has 0 N–H and O–H groups in total. The van der Waals surface area contributed by atoms with Crippen LogP contribution in [-0.4, -0.2) is 33.3 Å². The molecule has 2 aromatic rings. The zero-order valence-electron chi connectivity index (χ0n) is 15.7. The van der Waals surface area contributed by atoms with Gasteiger partial charge in [0.05, 0.1) is 16.9 Å². The molecule has 1 unspecified atom stereocenters. The van der Waals surface area contributed by atoms with Crippen molar-refractivity contribution in [2.45, 2.75) is 66.8 Å². The Kier molecular flexibility index (Phi) is 5.86. The number of aryl methyl sites for hydroxylation is 2. The summed E-state index contributed by atoms with van der Waals surface area (Å²) in [6.07, 6.45) is 3.11. The van der Waals surface area contributed by atoms with E-state index in [9.17, 15) is 4.79 Å². The molecule has 0 spiro atoms. The van der Waals surface area contributed by atoms with Crippen LogP contribution >= 0.6 is 0 Å². The maximum Gasteiger partial charge on any atom is 0.204 e. The van der Waals surface area contributed by atoms with Gasteiger partial charge < -0.3 is 4.90 Å². The van der Waals surface area contributed by atoms with E-state index in [-0.39, 0.29) is 11.8 Å². The van der Waals surface area contributed by atoms with Crippen LogP contribution in [0.4, 0.5) is 5.82 Å². The summed E-state index contributed by atoms with van der Waals surface area (Å²) in [5, 5.41) is 0.837. The van der Waals surface area contributed by atoms with Crippen LogP contribution in [0.2, 0.25) is 0 Å². The maximum atomic E-state index is 12.7. The topological polar surface area (TPSA) is 59.0 Å². The van der Waals surface area contributed by atoms with Gasteiger partial charge in [-0.1, -0.05) is 27.7 Å². The first-order valence-electron chi connectivity index (χ1n) is 9.12. The normalized spacial score (nSPS) is 18.2. The van der Waals surface area contributed by atoms with Crippen molar-refractivity contribution >= 4 is 22.5 Å². The largest absolute Gasteiger partial charge is 0.345 e. The van der Waals surface area contributed by atoms with E-state index in [2.05, 4.69) is 19.9 Å². The number of ketones is 1. The van der Waals surface area contributed by atoms with E-state index in [1.54, 1.807) is 0 Å². The molecular formula is C19H28N4O. The number of carbonyl (C=O) groups excluding carboxylic acids is 1. The van der Waals surface area contributed by atoms with Crippen LogP contribution in [0.1, 0.15) is 69.0 Å². The number of hydrogen-bond acceptors (Lipinski definition) is 5. The van der Waals surface area contributed by atoms with Crippen molar-refractivity contribution < 1.29 is 4.79 Å². The fourth-order valence-electron chi connectivity index (χ4n) is 3.37. The van der Waals surface area contributed by atoms with Gasteiger partial charge in [-0.15, -0.1) is 0 Å². The predicted octanol–water partition coefficient (Wildman–Crippen LogP) is 4.25. The van der Waals surface area contributed by atoms with Gasteiger partial charge in [-0.3, -0.25) is 4.79 Å². The highest BCUT2D eigenvalue weighted by molar-refractivity contribution is 6.15. The first-order chi connectivity index (χ1) is 11.6. The summed E-state index contributed by atoms with van der Waals surface area (Å²) < 4.78 is 0. The van der Waals surface area contributed by atoms with Crippen molar-refractivity contribution in [3.63, 3.8) is 0 Å². The minimum absolute atomic E-state index is 0.0805. The monoisotopic (exact) mass is 328 g/mol. The van der Waals surface area contributed by atoms with Gasteiger partial charge in [0.15, 0.2) is 0 Å². The number of hydrogen-bond donors (Lipinski definition) is 0. The van der Waals surface area contributed by atoms with Gasteiger partial charge in [0.25, 0.3) is 0 Å². The van der Waals surface area contributed by atoms with Crippen molar-refractivity contribution in [1.82, 2.24) is 15.0 Å². The summed E-state index contributed by atoms with van der Waals surface area (Å²) in [6.45, 7) is 12.7. The molecule has 2 aliphatic heterocycles. The second-order valence-corrected chi connectivity index (χ2v) is 5.67. The summed E-state index contributed by atoms with van der Waals surface area (Å²) in [7, 11) is 0. The van der Waals surface area contributed by atoms with Crippen LogP contribution < -0.4 is 4.90 Å². The molecule has 2 aliphatic rings. The molecule has 0 aromatic carbocycles. The number of piperidine rings is 1. The molecule has 1 fully saturated rings. The third-order valence-corrected chi connectivity index (χ3v) is 4.21. The number of pyridine rings is 1. The second kappa shape index (κ2) is 7.69. The third kappa shape index (κ3) is 2.99. The van der Waals surface area contributed by atoms with Crippen molar-refractivity contribution in [1.29, 1.82) is 0 Å². The van der Waals surface area contributed by atoms with Crippen LogP contribution in [0.3, 0.4) is 0 Å². The Morgan fingerprint density at radius 3 is 2.46 bits per heavy atom. The summed E-state index contributed by atoms with van der Waals surface area (Å²) in [6, 6.07) is 1.86. The number of rotatable bonds is 0. The minimum Gasteiger partial charge on any atom is -0.345 e. The van der Waals surface area contributed by atoms with Crippen LogP contribution in [0.25, 0.3) is 10.9 Å². The smallest absolute Gasteiger partial charge is 0.204 e. The number of anilines is 1. The molecule has 0 aliphatic carbocycles. The standard InChI is InChI=1S/C15H16N4O.2C2H6/c1-8-7-10-12-13(16-8)14(20)11-5-3-4-6-19(11)15(12)18-9(2)17-10;2*1-2/h7,11H,3-6H2,1-2H3;2*1-2H3. The lowest BCUT2D eigenvalue weighted by molar-refractivity contribution is 0.0937. The Balaban J connectivity index is 0.000000487. The van der Waals surface area contributed by atoms with Crippen molar-refractivity contribution in [2.24, 2.45) is 0 Å². The molecule has 5 heteroatoms. The van der Waals surface area contributed by atoms with Crippen LogP contribution in [0, 0.1) is 13.8 Å². The Hall–Kier alpha value is -2.04. The van der Waals surface area contributed by atoms with Crippen molar-refractivity contribution in [3.05, 3.63) is 23.3 Å². The molecule has 130 valence electrons. The van der Waals surface area contributed by atoms with Crippen LogP contribution in [-0.2, 0) is 0 Å². The Morgan fingerprint density at radius 1 is 1.04 bits per heavy atom. The highest BCUT2D eigenvalue weighted by atomic mass is 16.1. The van der Waals surface area contributed by atoms with E-state index in [0.717, 1.165) is 54.0 Å². The van der Waals surface area contributed by atoms with Crippen molar-refractivity contribution in [3.8, 4) is 0 Å². The SMILES string of the molecule is CC.CC.Cc1cc2nc(C)nc3c2c(n1)C(=O)C1CCCCN31. The Labute approximate surface area is 144 Å². The Bertz CT molecular complexity index is 736. The summed E-state index contributed by atoms with van der Waals surface area (Å²) in [5.41, 5.74) is 2.25. The van der Waals surface area contributed by atoms with Crippen molar-refractivity contribution in [2.75, 3.05) is 11.4 Å². The fourth-order valence-corrected chi connectivity index (χ4v) is 3.37. The highest BCUT2D eigenvalue weighted by Gasteiger charge is 2.38. The number of nitrogens with zero attached hydrogens (tertiary/aromatic N) is 4. The highest BCUT2D eigenvalue weighted by Crippen LogP contribution is 2.37. The average Bonchev–Trinajstić information content (AvgIpc) is 2.62. The van der Waals surface area contributed by atoms with E-state index >= 15 is 0 Å². The number of Topliss-reactive ketones (excluding diaryl/α,β-unsaturated/α-hetero) is 1. The summed E-state index contributed by atoms with van der Waals surface area (Å²) in [4.78, 5) is 28.4. The number of aromatic nitrogens is 3. The molecule has 4 rings (SSSR count). The first-order valence-corrected chi connectivity index (χ1v) is 9.12. The molecule has 0 radical (unpaired) electrons. The lowest BCUT2D eigenvalue weighted by Gasteiger charge is -2.39. The fraction of sp³-hybridized carbons (Fsp3) is 0.579. The second-order valence-electron chi connectivity index (χ2n) is 5.67. The van der Waals surface area contributed by atoms with Crippen LogP contribution in [0.15, 0.2) is 6.07 Å². The van der Waals surface area contributed by atoms with Gasteiger partial charge in [-0.2, -0.15) is 0 Å². The van der Waals surface area contributed by atoms with E-state index in [4.69, 9.17) is 0 Å². The lowest BCUT2D eigenvalue weighted by atomic mass is 9.91. The van der Waals surface area contributed by atoms with E-state index in [1.165, 1.54) is 0 Å². The van der Waals surface area contributed by atoms with Gasteiger partial charge in [-0.05, 0) is 39.2 Å². The molecular weight excluding hydrogens is 300 g/mol. The zero-order valence-corrected chi connectivity index (χ0v) is 15.7. The van der Waals surface area contributed by atoms with Gasteiger partial charge in [0, 0.05) is 12.2 Å². The van der Waals surface area contributed by atoms with Gasteiger partial charge in [0.1, 0.15) is 17.3 Å². The van der Waals surface area contributed by atoms with Gasteiger partial charge in [0.2, 0.25) is 5.78 Å². The molecule has 0 bridgehead atoms. The molecule has 1 atom stereocenters. The molecule has 0 saturated carbocycles. The molecule has 4 heterocycles. The number of fused-ring (bicyclic) bond motifs is 2. The zero-order chi connectivity index (χ0) is 17.9.